The van der Waals surface area contributed by atoms with Crippen LogP contribution in [-0.2, 0) is 0 Å². The topological polar surface area (TPSA) is 32.7 Å². The zero-order valence-corrected chi connectivity index (χ0v) is 12.4. The zero-order valence-electron chi connectivity index (χ0n) is 12.4. The summed E-state index contributed by atoms with van der Waals surface area (Å²) in [6.45, 7) is 7.28. The minimum Gasteiger partial charge on any atom is -0.496 e. The van der Waals surface area contributed by atoms with E-state index in [1.807, 2.05) is 12.1 Å². The van der Waals surface area contributed by atoms with Crippen LogP contribution in [0.3, 0.4) is 0 Å². The molecule has 1 atom stereocenters. The van der Waals surface area contributed by atoms with Crippen molar-refractivity contribution >= 4 is 5.69 Å². The summed E-state index contributed by atoms with van der Waals surface area (Å²) in [5.41, 5.74) is 2.01. The molecule has 1 fully saturated rings. The van der Waals surface area contributed by atoms with Crippen molar-refractivity contribution in [1.29, 1.82) is 0 Å². The lowest BCUT2D eigenvalue weighted by Crippen LogP contribution is -2.33. The molecule has 0 radical (unpaired) electrons. The van der Waals surface area contributed by atoms with E-state index >= 15 is 0 Å². The van der Waals surface area contributed by atoms with Gasteiger partial charge < -0.3 is 14.7 Å². The molecule has 1 aliphatic carbocycles. The number of aliphatic hydroxyl groups excluding tert-OH is 1. The Morgan fingerprint density at radius 3 is 2.47 bits per heavy atom. The van der Waals surface area contributed by atoms with Gasteiger partial charge in [-0.05, 0) is 51.7 Å². The summed E-state index contributed by atoms with van der Waals surface area (Å²) >= 11 is 0. The highest BCUT2D eigenvalue weighted by Gasteiger charge is 2.28. The SMILES string of the molecule is COc1cccc(N(CC2CC2)C(C)C)c1[C@H](C)O. The summed E-state index contributed by atoms with van der Waals surface area (Å²) in [6.07, 6.45) is 2.14. The predicted molar refractivity (Wildman–Crippen MR) is 78.8 cm³/mol. The zero-order chi connectivity index (χ0) is 14.0. The van der Waals surface area contributed by atoms with E-state index in [4.69, 9.17) is 4.74 Å². The molecule has 0 bridgehead atoms. The lowest BCUT2D eigenvalue weighted by Gasteiger charge is -2.32. The van der Waals surface area contributed by atoms with Crippen LogP contribution in [0.25, 0.3) is 0 Å². The first-order chi connectivity index (χ1) is 9.04. The van der Waals surface area contributed by atoms with E-state index in [9.17, 15) is 5.11 Å². The van der Waals surface area contributed by atoms with Gasteiger partial charge in [0.25, 0.3) is 0 Å². The summed E-state index contributed by atoms with van der Waals surface area (Å²) < 4.78 is 5.41. The number of benzene rings is 1. The molecular formula is C16H25NO2. The Bertz CT molecular complexity index is 425. The maximum Gasteiger partial charge on any atom is 0.126 e. The minimum absolute atomic E-state index is 0.421. The standard InChI is InChI=1S/C16H25NO2/c1-11(2)17(10-13-8-9-13)14-6-5-7-15(19-4)16(14)12(3)18/h5-7,11-13,18H,8-10H2,1-4H3/t12-/m0/s1. The highest BCUT2D eigenvalue weighted by molar-refractivity contribution is 5.61. The molecule has 0 spiro atoms. The molecule has 1 saturated carbocycles. The Labute approximate surface area is 116 Å². The number of methoxy groups -OCH3 is 1. The van der Waals surface area contributed by atoms with E-state index in [1.165, 1.54) is 12.8 Å². The number of anilines is 1. The predicted octanol–water partition coefficient (Wildman–Crippen LogP) is 3.37. The van der Waals surface area contributed by atoms with Gasteiger partial charge in [-0.2, -0.15) is 0 Å². The van der Waals surface area contributed by atoms with E-state index in [2.05, 4.69) is 24.8 Å². The Kier molecular flexibility index (Phi) is 4.35. The smallest absolute Gasteiger partial charge is 0.126 e. The lowest BCUT2D eigenvalue weighted by molar-refractivity contribution is 0.194. The largest absolute Gasteiger partial charge is 0.496 e. The van der Waals surface area contributed by atoms with Crippen LogP contribution < -0.4 is 9.64 Å². The number of rotatable bonds is 6. The van der Waals surface area contributed by atoms with E-state index in [1.54, 1.807) is 14.0 Å². The molecule has 0 aromatic heterocycles. The first kappa shape index (κ1) is 14.2. The number of nitrogens with zero attached hydrogens (tertiary/aromatic N) is 1. The summed E-state index contributed by atoms with van der Waals surface area (Å²) in [6, 6.07) is 6.43. The molecule has 1 aliphatic rings. The first-order valence-corrected chi connectivity index (χ1v) is 7.16. The van der Waals surface area contributed by atoms with Gasteiger partial charge in [0.1, 0.15) is 5.75 Å². The van der Waals surface area contributed by atoms with Crippen LogP contribution in [0.4, 0.5) is 5.69 Å². The third kappa shape index (κ3) is 3.21. The fourth-order valence-electron chi connectivity index (χ4n) is 2.55. The Hall–Kier alpha value is -1.22. The second-order valence-corrected chi connectivity index (χ2v) is 5.76. The van der Waals surface area contributed by atoms with Gasteiger partial charge in [-0.15, -0.1) is 0 Å². The first-order valence-electron chi connectivity index (χ1n) is 7.16. The van der Waals surface area contributed by atoms with Gasteiger partial charge in [0, 0.05) is 23.8 Å². The average Bonchev–Trinajstić information content (AvgIpc) is 3.18. The Morgan fingerprint density at radius 2 is 2.00 bits per heavy atom. The van der Waals surface area contributed by atoms with Gasteiger partial charge in [0.2, 0.25) is 0 Å². The number of ether oxygens (including phenoxy) is 1. The lowest BCUT2D eigenvalue weighted by atomic mass is 10.0. The van der Waals surface area contributed by atoms with E-state index in [-0.39, 0.29) is 0 Å². The van der Waals surface area contributed by atoms with Crippen molar-refractivity contribution in [3.63, 3.8) is 0 Å². The van der Waals surface area contributed by atoms with Crippen molar-refractivity contribution in [3.8, 4) is 5.75 Å². The van der Waals surface area contributed by atoms with Gasteiger partial charge in [-0.1, -0.05) is 6.07 Å². The molecule has 19 heavy (non-hydrogen) atoms. The molecule has 0 saturated heterocycles. The van der Waals surface area contributed by atoms with E-state index < -0.39 is 6.10 Å². The van der Waals surface area contributed by atoms with Gasteiger partial charge in [0.05, 0.1) is 13.2 Å². The molecule has 106 valence electrons. The number of hydrogen-bond donors (Lipinski definition) is 1. The highest BCUT2D eigenvalue weighted by Crippen LogP contribution is 2.38. The number of aliphatic hydroxyl groups is 1. The maximum absolute atomic E-state index is 10.1. The molecular weight excluding hydrogens is 238 g/mol. The van der Waals surface area contributed by atoms with Crippen LogP contribution in [0.5, 0.6) is 5.75 Å². The molecule has 3 heteroatoms. The van der Waals surface area contributed by atoms with Crippen LogP contribution >= 0.6 is 0 Å². The summed E-state index contributed by atoms with van der Waals surface area (Å²) in [5.74, 6) is 1.59. The van der Waals surface area contributed by atoms with Crippen molar-refractivity contribution in [1.82, 2.24) is 0 Å². The van der Waals surface area contributed by atoms with Crippen LogP contribution in [0.2, 0.25) is 0 Å². The molecule has 2 rings (SSSR count). The second kappa shape index (κ2) is 5.83. The molecule has 0 heterocycles. The number of hydrogen-bond acceptors (Lipinski definition) is 3. The third-order valence-corrected chi connectivity index (χ3v) is 3.77. The summed E-state index contributed by atoms with van der Waals surface area (Å²) in [7, 11) is 1.66. The molecule has 1 aromatic rings. The Morgan fingerprint density at radius 1 is 1.32 bits per heavy atom. The van der Waals surface area contributed by atoms with Crippen molar-refractivity contribution in [3.05, 3.63) is 23.8 Å². The quantitative estimate of drug-likeness (QED) is 0.854. The van der Waals surface area contributed by atoms with Crippen molar-refractivity contribution in [2.75, 3.05) is 18.6 Å². The summed E-state index contributed by atoms with van der Waals surface area (Å²) in [4.78, 5) is 2.39. The van der Waals surface area contributed by atoms with Gasteiger partial charge in [-0.25, -0.2) is 0 Å². The third-order valence-electron chi connectivity index (χ3n) is 3.77. The summed E-state index contributed by atoms with van der Waals surface area (Å²) in [5, 5.41) is 10.1. The molecule has 0 aliphatic heterocycles. The van der Waals surface area contributed by atoms with Crippen molar-refractivity contribution < 1.29 is 9.84 Å². The monoisotopic (exact) mass is 263 g/mol. The molecule has 0 amide bonds. The van der Waals surface area contributed by atoms with Crippen molar-refractivity contribution in [2.45, 2.75) is 45.8 Å². The van der Waals surface area contributed by atoms with E-state index in [0.29, 0.717) is 6.04 Å². The molecule has 0 unspecified atom stereocenters. The Balaban J connectivity index is 2.39. The maximum atomic E-state index is 10.1. The molecule has 1 aromatic carbocycles. The van der Waals surface area contributed by atoms with Crippen molar-refractivity contribution in [2.24, 2.45) is 5.92 Å². The fraction of sp³-hybridized carbons (Fsp3) is 0.625. The van der Waals surface area contributed by atoms with E-state index in [0.717, 1.165) is 29.5 Å². The normalized spacial score (nSPS) is 16.5. The molecule has 1 N–H and O–H groups in total. The fourth-order valence-corrected chi connectivity index (χ4v) is 2.55. The van der Waals surface area contributed by atoms with Gasteiger partial charge >= 0.3 is 0 Å². The average molecular weight is 263 g/mol. The highest BCUT2D eigenvalue weighted by atomic mass is 16.5. The van der Waals surface area contributed by atoms with Crippen LogP contribution in [-0.4, -0.2) is 24.8 Å². The van der Waals surface area contributed by atoms with Crippen LogP contribution in [0, 0.1) is 5.92 Å². The van der Waals surface area contributed by atoms with Gasteiger partial charge in [0.15, 0.2) is 0 Å². The van der Waals surface area contributed by atoms with Crippen LogP contribution in [0.15, 0.2) is 18.2 Å². The minimum atomic E-state index is -0.522. The molecule has 3 nitrogen and oxygen atoms in total. The second-order valence-electron chi connectivity index (χ2n) is 5.76. The van der Waals surface area contributed by atoms with Crippen LogP contribution in [0.1, 0.15) is 45.3 Å². The van der Waals surface area contributed by atoms with Gasteiger partial charge in [-0.3, -0.25) is 0 Å².